The van der Waals surface area contributed by atoms with Crippen molar-refractivity contribution in [3.63, 3.8) is 0 Å². The number of nitrogens with one attached hydrogen (secondary N) is 1. The number of aromatic amines is 1. The zero-order valence-electron chi connectivity index (χ0n) is 12.8. The van der Waals surface area contributed by atoms with Crippen molar-refractivity contribution in [3.8, 4) is 17.3 Å². The van der Waals surface area contributed by atoms with Crippen molar-refractivity contribution in [1.29, 1.82) is 5.26 Å². The van der Waals surface area contributed by atoms with Gasteiger partial charge in [0, 0.05) is 23.3 Å². The van der Waals surface area contributed by atoms with E-state index in [9.17, 15) is 5.26 Å². The van der Waals surface area contributed by atoms with Gasteiger partial charge in [-0.3, -0.25) is 4.68 Å². The molecule has 1 aliphatic rings. The molecule has 1 fully saturated rings. The van der Waals surface area contributed by atoms with Gasteiger partial charge in [0.25, 0.3) is 0 Å². The minimum atomic E-state index is 0.166. The average Bonchev–Trinajstić information content (AvgIpc) is 3.32. The first-order valence-corrected chi connectivity index (χ1v) is 8.06. The maximum absolute atomic E-state index is 9.18. The van der Waals surface area contributed by atoms with E-state index in [1.807, 2.05) is 29.3 Å². The van der Waals surface area contributed by atoms with Crippen LogP contribution in [0.1, 0.15) is 38.1 Å². The lowest BCUT2D eigenvalue weighted by atomic mass is 9.96. The molecule has 3 aromatic heterocycles. The highest BCUT2D eigenvalue weighted by atomic mass is 15.3. The molecule has 0 aromatic carbocycles. The van der Waals surface area contributed by atoms with Crippen LogP contribution in [0.4, 0.5) is 0 Å². The van der Waals surface area contributed by atoms with E-state index in [0.29, 0.717) is 12.3 Å². The second-order valence-electron chi connectivity index (χ2n) is 6.15. The molecular weight excluding hydrogens is 288 g/mol. The van der Waals surface area contributed by atoms with Crippen LogP contribution in [0.15, 0.2) is 31.0 Å². The molecule has 1 saturated carbocycles. The maximum atomic E-state index is 9.18. The molecule has 3 heterocycles. The van der Waals surface area contributed by atoms with Crippen LogP contribution in [0.3, 0.4) is 0 Å². The summed E-state index contributed by atoms with van der Waals surface area (Å²) in [4.78, 5) is 11.7. The SMILES string of the molecule is N#CC[C@@H](C1CCCC1)n1cc(-c2ncnc3[nH]ccc23)cn1. The van der Waals surface area contributed by atoms with Gasteiger partial charge < -0.3 is 4.98 Å². The Bertz CT molecular complexity index is 849. The van der Waals surface area contributed by atoms with Gasteiger partial charge in [-0.1, -0.05) is 12.8 Å². The smallest absolute Gasteiger partial charge is 0.141 e. The van der Waals surface area contributed by atoms with Crippen LogP contribution in [0.2, 0.25) is 0 Å². The van der Waals surface area contributed by atoms with Crippen molar-refractivity contribution in [2.45, 2.75) is 38.1 Å². The summed E-state index contributed by atoms with van der Waals surface area (Å²) in [5.74, 6) is 0.556. The predicted octanol–water partition coefficient (Wildman–Crippen LogP) is 3.47. The first kappa shape index (κ1) is 13.9. The minimum Gasteiger partial charge on any atom is -0.346 e. The second-order valence-corrected chi connectivity index (χ2v) is 6.15. The van der Waals surface area contributed by atoms with Crippen molar-refractivity contribution >= 4 is 11.0 Å². The fraction of sp³-hybridized carbons (Fsp3) is 0.412. The van der Waals surface area contributed by atoms with E-state index in [0.717, 1.165) is 22.3 Å². The second kappa shape index (κ2) is 5.84. The molecule has 0 amide bonds. The Balaban J connectivity index is 1.70. The molecule has 0 aliphatic heterocycles. The number of hydrogen-bond acceptors (Lipinski definition) is 4. The highest BCUT2D eigenvalue weighted by Crippen LogP contribution is 2.36. The normalized spacial score (nSPS) is 16.7. The van der Waals surface area contributed by atoms with Crippen molar-refractivity contribution in [2.75, 3.05) is 0 Å². The third kappa shape index (κ3) is 2.48. The molecule has 0 saturated heterocycles. The van der Waals surface area contributed by atoms with Crippen LogP contribution in [0.5, 0.6) is 0 Å². The van der Waals surface area contributed by atoms with Crippen molar-refractivity contribution in [2.24, 2.45) is 5.92 Å². The monoisotopic (exact) mass is 306 g/mol. The van der Waals surface area contributed by atoms with E-state index < -0.39 is 0 Å². The number of nitriles is 1. The van der Waals surface area contributed by atoms with Crippen LogP contribution in [0.25, 0.3) is 22.3 Å². The Labute approximate surface area is 134 Å². The van der Waals surface area contributed by atoms with Gasteiger partial charge >= 0.3 is 0 Å². The van der Waals surface area contributed by atoms with Crippen LogP contribution < -0.4 is 0 Å². The zero-order valence-corrected chi connectivity index (χ0v) is 12.8. The summed E-state index contributed by atoms with van der Waals surface area (Å²) >= 11 is 0. The standard InChI is InChI=1S/C17H18N6/c18-7-5-15(12-3-1-2-4-12)23-10-13(9-22-23)16-14-6-8-19-17(14)21-11-20-16/h6,8-12,15H,1-5H2,(H,19,20,21)/t15-/m0/s1. The molecule has 0 bridgehead atoms. The number of fused-ring (bicyclic) bond motifs is 1. The lowest BCUT2D eigenvalue weighted by molar-refractivity contribution is 0.315. The Morgan fingerprint density at radius 2 is 2.22 bits per heavy atom. The van der Waals surface area contributed by atoms with Crippen molar-refractivity contribution in [3.05, 3.63) is 31.0 Å². The molecule has 6 nitrogen and oxygen atoms in total. The fourth-order valence-electron chi connectivity index (χ4n) is 3.66. The summed E-state index contributed by atoms with van der Waals surface area (Å²) in [6, 6.07) is 4.47. The summed E-state index contributed by atoms with van der Waals surface area (Å²) in [5.41, 5.74) is 2.68. The Kier molecular flexibility index (Phi) is 3.54. The van der Waals surface area contributed by atoms with Gasteiger partial charge in [0.1, 0.15) is 12.0 Å². The molecule has 1 aliphatic carbocycles. The number of hydrogen-bond donors (Lipinski definition) is 1. The van der Waals surface area contributed by atoms with Gasteiger partial charge in [0.15, 0.2) is 0 Å². The zero-order chi connectivity index (χ0) is 15.6. The topological polar surface area (TPSA) is 83.2 Å². The molecule has 6 heteroatoms. The van der Waals surface area contributed by atoms with Gasteiger partial charge in [0.05, 0.1) is 30.4 Å². The molecule has 0 unspecified atom stereocenters. The van der Waals surface area contributed by atoms with E-state index in [1.54, 1.807) is 6.33 Å². The summed E-state index contributed by atoms with van der Waals surface area (Å²) in [5, 5.41) is 14.7. The molecule has 3 aromatic rings. The lowest BCUT2D eigenvalue weighted by Crippen LogP contribution is -2.17. The summed E-state index contributed by atoms with van der Waals surface area (Å²) in [6.45, 7) is 0. The molecule has 116 valence electrons. The van der Waals surface area contributed by atoms with Crippen LogP contribution in [-0.4, -0.2) is 24.7 Å². The van der Waals surface area contributed by atoms with Crippen LogP contribution in [0, 0.1) is 17.2 Å². The molecule has 23 heavy (non-hydrogen) atoms. The van der Waals surface area contributed by atoms with Crippen molar-refractivity contribution in [1.82, 2.24) is 24.7 Å². The van der Waals surface area contributed by atoms with Gasteiger partial charge in [-0.05, 0) is 24.8 Å². The largest absolute Gasteiger partial charge is 0.346 e. The number of rotatable bonds is 4. The van der Waals surface area contributed by atoms with Gasteiger partial charge in [-0.25, -0.2) is 9.97 Å². The third-order valence-electron chi connectivity index (χ3n) is 4.81. The Morgan fingerprint density at radius 1 is 1.35 bits per heavy atom. The third-order valence-corrected chi connectivity index (χ3v) is 4.81. The highest BCUT2D eigenvalue weighted by molar-refractivity contribution is 5.89. The van der Waals surface area contributed by atoms with E-state index >= 15 is 0 Å². The van der Waals surface area contributed by atoms with Crippen LogP contribution >= 0.6 is 0 Å². The molecule has 1 N–H and O–H groups in total. The number of H-pyrrole nitrogens is 1. The van der Waals surface area contributed by atoms with E-state index in [-0.39, 0.29) is 6.04 Å². The summed E-state index contributed by atoms with van der Waals surface area (Å²) < 4.78 is 1.97. The van der Waals surface area contributed by atoms with E-state index in [1.165, 1.54) is 25.7 Å². The molecule has 0 radical (unpaired) electrons. The molecule has 1 atom stereocenters. The Morgan fingerprint density at radius 3 is 3.04 bits per heavy atom. The van der Waals surface area contributed by atoms with Gasteiger partial charge in [-0.15, -0.1) is 0 Å². The van der Waals surface area contributed by atoms with E-state index in [2.05, 4.69) is 26.1 Å². The first-order chi connectivity index (χ1) is 11.4. The fourth-order valence-corrected chi connectivity index (χ4v) is 3.66. The van der Waals surface area contributed by atoms with Gasteiger partial charge in [-0.2, -0.15) is 10.4 Å². The first-order valence-electron chi connectivity index (χ1n) is 8.06. The predicted molar refractivity (Wildman–Crippen MR) is 86.3 cm³/mol. The lowest BCUT2D eigenvalue weighted by Gasteiger charge is -2.21. The van der Waals surface area contributed by atoms with E-state index in [4.69, 9.17) is 0 Å². The number of aromatic nitrogens is 5. The molecule has 4 rings (SSSR count). The summed E-state index contributed by atoms with van der Waals surface area (Å²) in [6.07, 6.45) is 12.7. The minimum absolute atomic E-state index is 0.166. The Hall–Kier alpha value is -2.68. The summed E-state index contributed by atoms with van der Waals surface area (Å²) in [7, 11) is 0. The highest BCUT2D eigenvalue weighted by Gasteiger charge is 2.27. The van der Waals surface area contributed by atoms with Gasteiger partial charge in [0.2, 0.25) is 0 Å². The molecular formula is C17H18N6. The van der Waals surface area contributed by atoms with Crippen molar-refractivity contribution < 1.29 is 0 Å². The molecule has 0 spiro atoms. The number of nitrogens with zero attached hydrogens (tertiary/aromatic N) is 5. The quantitative estimate of drug-likeness (QED) is 0.800. The maximum Gasteiger partial charge on any atom is 0.141 e. The average molecular weight is 306 g/mol. The van der Waals surface area contributed by atoms with Crippen LogP contribution in [-0.2, 0) is 0 Å².